The molecule has 0 aliphatic heterocycles. The summed E-state index contributed by atoms with van der Waals surface area (Å²) in [6.45, 7) is 0.899. The Morgan fingerprint density at radius 2 is 2.22 bits per heavy atom. The van der Waals surface area contributed by atoms with Crippen molar-refractivity contribution in [3.05, 3.63) is 0 Å². The Labute approximate surface area is 62.2 Å². The van der Waals surface area contributed by atoms with E-state index in [2.05, 4.69) is 12.6 Å². The van der Waals surface area contributed by atoms with Crippen molar-refractivity contribution in [1.82, 2.24) is 0 Å². The van der Waals surface area contributed by atoms with Crippen LogP contribution in [-0.4, -0.2) is 19.5 Å². The SMILES string of the molecule is COCC1(CS)CCC1. The highest BCUT2D eigenvalue weighted by Gasteiger charge is 2.35. The van der Waals surface area contributed by atoms with E-state index in [1.807, 2.05) is 0 Å². The van der Waals surface area contributed by atoms with E-state index in [0.29, 0.717) is 5.41 Å². The number of methoxy groups -OCH3 is 1. The van der Waals surface area contributed by atoms with Gasteiger partial charge in [-0.15, -0.1) is 0 Å². The molecule has 9 heavy (non-hydrogen) atoms. The van der Waals surface area contributed by atoms with Crippen LogP contribution in [0.3, 0.4) is 0 Å². The van der Waals surface area contributed by atoms with Crippen LogP contribution in [0.25, 0.3) is 0 Å². The molecule has 0 radical (unpaired) electrons. The van der Waals surface area contributed by atoms with Crippen molar-refractivity contribution in [2.45, 2.75) is 19.3 Å². The third kappa shape index (κ3) is 1.41. The van der Waals surface area contributed by atoms with Crippen molar-refractivity contribution in [2.75, 3.05) is 19.5 Å². The third-order valence-corrected chi connectivity index (χ3v) is 2.87. The predicted octanol–water partition coefficient (Wildman–Crippen LogP) is 1.73. The highest BCUT2D eigenvalue weighted by molar-refractivity contribution is 7.80. The van der Waals surface area contributed by atoms with Crippen molar-refractivity contribution in [3.8, 4) is 0 Å². The average Bonchev–Trinajstić information content (AvgIpc) is 1.79. The second kappa shape index (κ2) is 2.93. The molecule has 0 spiro atoms. The van der Waals surface area contributed by atoms with Crippen LogP contribution in [0, 0.1) is 5.41 Å². The van der Waals surface area contributed by atoms with Crippen LogP contribution in [0.5, 0.6) is 0 Å². The number of rotatable bonds is 3. The van der Waals surface area contributed by atoms with Crippen molar-refractivity contribution >= 4 is 12.6 Å². The molecule has 0 N–H and O–H groups in total. The largest absolute Gasteiger partial charge is 0.384 e. The van der Waals surface area contributed by atoms with Crippen LogP contribution in [0.1, 0.15) is 19.3 Å². The van der Waals surface area contributed by atoms with E-state index < -0.39 is 0 Å². The van der Waals surface area contributed by atoms with Gasteiger partial charge in [-0.2, -0.15) is 12.6 Å². The van der Waals surface area contributed by atoms with E-state index in [1.54, 1.807) is 7.11 Å². The maximum atomic E-state index is 5.09. The zero-order chi connectivity index (χ0) is 6.74. The standard InChI is InChI=1S/C7H14OS/c1-8-5-7(6-9)3-2-4-7/h9H,2-6H2,1H3. The fourth-order valence-electron chi connectivity index (χ4n) is 1.33. The van der Waals surface area contributed by atoms with E-state index in [4.69, 9.17) is 4.74 Å². The smallest absolute Gasteiger partial charge is 0.0526 e. The Balaban J connectivity index is 2.28. The lowest BCUT2D eigenvalue weighted by Crippen LogP contribution is -2.35. The molecule has 0 unspecified atom stereocenters. The molecule has 0 heterocycles. The molecule has 54 valence electrons. The number of hydrogen-bond acceptors (Lipinski definition) is 2. The minimum absolute atomic E-state index is 0.456. The van der Waals surface area contributed by atoms with Gasteiger partial charge in [0, 0.05) is 12.5 Å². The van der Waals surface area contributed by atoms with Gasteiger partial charge >= 0.3 is 0 Å². The van der Waals surface area contributed by atoms with Gasteiger partial charge in [-0.1, -0.05) is 6.42 Å². The Bertz CT molecular complexity index is 83.4. The molecule has 0 atom stereocenters. The van der Waals surface area contributed by atoms with Gasteiger partial charge < -0.3 is 4.74 Å². The lowest BCUT2D eigenvalue weighted by Gasteiger charge is -2.39. The molecular weight excluding hydrogens is 132 g/mol. The Morgan fingerprint density at radius 3 is 2.33 bits per heavy atom. The first-order chi connectivity index (χ1) is 4.33. The van der Waals surface area contributed by atoms with Crippen molar-refractivity contribution in [1.29, 1.82) is 0 Å². The quantitative estimate of drug-likeness (QED) is 0.597. The lowest BCUT2D eigenvalue weighted by molar-refractivity contribution is 0.0374. The molecule has 1 aliphatic carbocycles. The minimum Gasteiger partial charge on any atom is -0.384 e. The zero-order valence-electron chi connectivity index (χ0n) is 5.89. The van der Waals surface area contributed by atoms with Crippen molar-refractivity contribution in [3.63, 3.8) is 0 Å². The summed E-state index contributed by atoms with van der Waals surface area (Å²) >= 11 is 4.29. The summed E-state index contributed by atoms with van der Waals surface area (Å²) in [5, 5.41) is 0. The molecule has 1 saturated carbocycles. The van der Waals surface area contributed by atoms with E-state index in [9.17, 15) is 0 Å². The number of hydrogen-bond donors (Lipinski definition) is 1. The molecule has 1 fully saturated rings. The first-order valence-corrected chi connectivity index (χ1v) is 4.06. The summed E-state index contributed by atoms with van der Waals surface area (Å²) in [4.78, 5) is 0. The Morgan fingerprint density at radius 1 is 1.56 bits per heavy atom. The summed E-state index contributed by atoms with van der Waals surface area (Å²) in [7, 11) is 1.77. The maximum absolute atomic E-state index is 5.09. The summed E-state index contributed by atoms with van der Waals surface area (Å²) < 4.78 is 5.09. The zero-order valence-corrected chi connectivity index (χ0v) is 6.79. The topological polar surface area (TPSA) is 9.23 Å². The molecule has 0 saturated heterocycles. The van der Waals surface area contributed by atoms with E-state index in [0.717, 1.165) is 12.4 Å². The second-order valence-corrected chi connectivity index (χ2v) is 3.26. The van der Waals surface area contributed by atoms with Gasteiger partial charge in [0.1, 0.15) is 0 Å². The van der Waals surface area contributed by atoms with Gasteiger partial charge in [0.25, 0.3) is 0 Å². The summed E-state index contributed by atoms with van der Waals surface area (Å²) in [5.74, 6) is 0.987. The second-order valence-electron chi connectivity index (χ2n) is 2.94. The molecule has 1 nitrogen and oxygen atoms in total. The summed E-state index contributed by atoms with van der Waals surface area (Å²) in [6.07, 6.45) is 3.98. The molecule has 0 amide bonds. The predicted molar refractivity (Wildman–Crippen MR) is 42.0 cm³/mol. The van der Waals surface area contributed by atoms with Crippen LogP contribution >= 0.6 is 12.6 Å². The van der Waals surface area contributed by atoms with Crippen molar-refractivity contribution < 1.29 is 4.74 Å². The fourth-order valence-corrected chi connectivity index (χ4v) is 1.74. The molecule has 0 aromatic rings. The molecule has 0 bridgehead atoms. The van der Waals surface area contributed by atoms with Gasteiger partial charge in [0.15, 0.2) is 0 Å². The molecule has 1 aliphatic rings. The minimum atomic E-state index is 0.456. The van der Waals surface area contributed by atoms with Gasteiger partial charge in [-0.05, 0) is 18.6 Å². The Kier molecular flexibility index (Phi) is 2.42. The highest BCUT2D eigenvalue weighted by atomic mass is 32.1. The monoisotopic (exact) mass is 146 g/mol. The van der Waals surface area contributed by atoms with Crippen LogP contribution in [0.2, 0.25) is 0 Å². The molecule has 0 aromatic heterocycles. The molecule has 1 rings (SSSR count). The number of thiol groups is 1. The van der Waals surface area contributed by atoms with Crippen LogP contribution < -0.4 is 0 Å². The normalized spacial score (nSPS) is 23.3. The van der Waals surface area contributed by atoms with Gasteiger partial charge in [0.2, 0.25) is 0 Å². The first-order valence-electron chi connectivity index (χ1n) is 3.43. The van der Waals surface area contributed by atoms with Crippen LogP contribution in [0.4, 0.5) is 0 Å². The first kappa shape index (κ1) is 7.42. The van der Waals surface area contributed by atoms with Gasteiger partial charge in [0.05, 0.1) is 6.61 Å². The molecular formula is C7H14OS. The van der Waals surface area contributed by atoms with Crippen molar-refractivity contribution in [2.24, 2.45) is 5.41 Å². The average molecular weight is 146 g/mol. The lowest BCUT2D eigenvalue weighted by atomic mass is 9.71. The molecule has 0 aromatic carbocycles. The fraction of sp³-hybridized carbons (Fsp3) is 1.00. The summed E-state index contributed by atoms with van der Waals surface area (Å²) in [5.41, 5.74) is 0.456. The van der Waals surface area contributed by atoms with Gasteiger partial charge in [-0.3, -0.25) is 0 Å². The van der Waals surface area contributed by atoms with Gasteiger partial charge in [-0.25, -0.2) is 0 Å². The Hall–Kier alpha value is 0.310. The maximum Gasteiger partial charge on any atom is 0.0526 e. The van der Waals surface area contributed by atoms with E-state index in [-0.39, 0.29) is 0 Å². The third-order valence-electron chi connectivity index (χ3n) is 2.20. The highest BCUT2D eigenvalue weighted by Crippen LogP contribution is 2.41. The van der Waals surface area contributed by atoms with E-state index in [1.165, 1.54) is 19.3 Å². The number of ether oxygens (including phenoxy) is 1. The van der Waals surface area contributed by atoms with E-state index >= 15 is 0 Å². The van der Waals surface area contributed by atoms with Crippen LogP contribution in [-0.2, 0) is 4.74 Å². The summed E-state index contributed by atoms with van der Waals surface area (Å²) in [6, 6.07) is 0. The van der Waals surface area contributed by atoms with Crippen LogP contribution in [0.15, 0.2) is 0 Å². The molecule has 2 heteroatoms.